The Hall–Kier alpha value is -1.65. The van der Waals surface area contributed by atoms with Gasteiger partial charge in [0, 0.05) is 37.6 Å². The molecule has 0 aromatic carbocycles. The molecule has 0 spiro atoms. The second-order valence-electron chi connectivity index (χ2n) is 7.58. The Labute approximate surface area is 138 Å². The van der Waals surface area contributed by atoms with E-state index in [1.807, 2.05) is 19.9 Å². The monoisotopic (exact) mass is 314 g/mol. The van der Waals surface area contributed by atoms with E-state index >= 15 is 0 Å². The number of hydrogen-bond acceptors (Lipinski definition) is 4. The van der Waals surface area contributed by atoms with Crippen LogP contribution in [0.3, 0.4) is 0 Å². The Bertz CT molecular complexity index is 585. The van der Waals surface area contributed by atoms with E-state index in [1.54, 1.807) is 0 Å². The van der Waals surface area contributed by atoms with Crippen molar-refractivity contribution >= 4 is 11.9 Å². The van der Waals surface area contributed by atoms with Gasteiger partial charge in [-0.15, -0.1) is 0 Å². The smallest absolute Gasteiger partial charge is 0.227 e. The number of carbonyl (C=O) groups excluding carboxylic acids is 1. The van der Waals surface area contributed by atoms with Crippen LogP contribution in [-0.2, 0) is 4.79 Å². The molecule has 1 saturated carbocycles. The number of carbonyl (C=O) groups is 1. The predicted molar refractivity (Wildman–Crippen MR) is 89.2 cm³/mol. The molecule has 3 atom stereocenters. The minimum Gasteiger partial charge on any atom is -0.342 e. The van der Waals surface area contributed by atoms with E-state index in [4.69, 9.17) is 0 Å². The maximum atomic E-state index is 12.8. The van der Waals surface area contributed by atoms with Crippen molar-refractivity contribution in [2.75, 3.05) is 31.1 Å². The van der Waals surface area contributed by atoms with Gasteiger partial charge in [-0.25, -0.2) is 9.97 Å². The van der Waals surface area contributed by atoms with E-state index in [0.717, 1.165) is 61.8 Å². The molecule has 124 valence electrons. The summed E-state index contributed by atoms with van der Waals surface area (Å²) in [5, 5.41) is 0. The van der Waals surface area contributed by atoms with Crippen molar-refractivity contribution in [2.24, 2.45) is 17.8 Å². The molecule has 1 aliphatic carbocycles. The van der Waals surface area contributed by atoms with Gasteiger partial charge in [-0.1, -0.05) is 6.42 Å². The highest BCUT2D eigenvalue weighted by atomic mass is 16.2. The molecule has 2 aliphatic heterocycles. The number of amides is 1. The minimum absolute atomic E-state index is 0.123. The van der Waals surface area contributed by atoms with E-state index < -0.39 is 0 Å². The van der Waals surface area contributed by atoms with Gasteiger partial charge in [0.15, 0.2) is 0 Å². The summed E-state index contributed by atoms with van der Waals surface area (Å²) in [6, 6.07) is 1.99. The van der Waals surface area contributed by atoms with Crippen LogP contribution < -0.4 is 4.90 Å². The molecule has 3 aliphatic rings. The van der Waals surface area contributed by atoms with E-state index in [1.165, 1.54) is 19.3 Å². The molecule has 3 unspecified atom stereocenters. The number of aromatic nitrogens is 2. The van der Waals surface area contributed by atoms with Gasteiger partial charge in [-0.05, 0) is 51.0 Å². The van der Waals surface area contributed by atoms with Gasteiger partial charge < -0.3 is 9.80 Å². The van der Waals surface area contributed by atoms with Crippen LogP contribution in [-0.4, -0.2) is 47.0 Å². The SMILES string of the molecule is Cc1cc(C)nc(N2CCC(C(=O)N3CC4CCCC4C3)C2)n1. The third kappa shape index (κ3) is 2.81. The van der Waals surface area contributed by atoms with Crippen molar-refractivity contribution in [1.82, 2.24) is 14.9 Å². The van der Waals surface area contributed by atoms with Crippen molar-refractivity contribution in [3.05, 3.63) is 17.5 Å². The zero-order chi connectivity index (χ0) is 16.0. The molecule has 0 N–H and O–H groups in total. The van der Waals surface area contributed by atoms with Crippen LogP contribution in [0.15, 0.2) is 6.07 Å². The van der Waals surface area contributed by atoms with Gasteiger partial charge in [-0.3, -0.25) is 4.79 Å². The van der Waals surface area contributed by atoms with Crippen LogP contribution in [0.25, 0.3) is 0 Å². The quantitative estimate of drug-likeness (QED) is 0.839. The first-order chi connectivity index (χ1) is 11.1. The molecule has 5 nitrogen and oxygen atoms in total. The van der Waals surface area contributed by atoms with Crippen LogP contribution >= 0.6 is 0 Å². The summed E-state index contributed by atoms with van der Waals surface area (Å²) in [7, 11) is 0. The average molecular weight is 314 g/mol. The highest BCUT2D eigenvalue weighted by Gasteiger charge is 2.41. The first-order valence-electron chi connectivity index (χ1n) is 8.96. The third-order valence-corrected chi connectivity index (χ3v) is 5.83. The standard InChI is InChI=1S/C18H26N4O/c1-12-8-13(2)20-18(19-12)21-7-6-16(11-21)17(23)22-9-14-4-3-5-15(14)10-22/h8,14-16H,3-7,9-11H2,1-2H3. The second kappa shape index (κ2) is 5.77. The molecule has 0 bridgehead atoms. The largest absolute Gasteiger partial charge is 0.342 e. The zero-order valence-electron chi connectivity index (χ0n) is 14.2. The van der Waals surface area contributed by atoms with Crippen molar-refractivity contribution in [1.29, 1.82) is 0 Å². The molecule has 0 radical (unpaired) electrons. The first kappa shape index (κ1) is 14.9. The van der Waals surface area contributed by atoms with E-state index in [0.29, 0.717) is 5.91 Å². The maximum absolute atomic E-state index is 12.8. The Morgan fingerprint density at radius 1 is 1.04 bits per heavy atom. The summed E-state index contributed by atoms with van der Waals surface area (Å²) in [6.07, 6.45) is 4.93. The fourth-order valence-electron chi connectivity index (χ4n) is 4.67. The Balaban J connectivity index is 1.41. The van der Waals surface area contributed by atoms with E-state index in [9.17, 15) is 4.79 Å². The molecule has 1 aromatic heterocycles. The Morgan fingerprint density at radius 2 is 1.70 bits per heavy atom. The van der Waals surface area contributed by atoms with Gasteiger partial charge >= 0.3 is 0 Å². The van der Waals surface area contributed by atoms with Gasteiger partial charge in [0.25, 0.3) is 0 Å². The lowest BCUT2D eigenvalue weighted by Crippen LogP contribution is -2.36. The summed E-state index contributed by atoms with van der Waals surface area (Å²) in [4.78, 5) is 26.3. The normalized spacial score (nSPS) is 30.1. The lowest BCUT2D eigenvalue weighted by Gasteiger charge is -2.22. The molecule has 1 aromatic rings. The molecule has 3 heterocycles. The molecule has 1 amide bonds. The van der Waals surface area contributed by atoms with Crippen molar-refractivity contribution in [3.63, 3.8) is 0 Å². The first-order valence-corrected chi connectivity index (χ1v) is 8.96. The summed E-state index contributed by atoms with van der Waals surface area (Å²) < 4.78 is 0. The van der Waals surface area contributed by atoms with Crippen molar-refractivity contribution < 1.29 is 4.79 Å². The molecular formula is C18H26N4O. The average Bonchev–Trinajstić information content (AvgIpc) is 3.21. The summed E-state index contributed by atoms with van der Waals surface area (Å²) in [5.41, 5.74) is 1.99. The number of fused-ring (bicyclic) bond motifs is 1. The van der Waals surface area contributed by atoms with Crippen molar-refractivity contribution in [2.45, 2.75) is 39.5 Å². The maximum Gasteiger partial charge on any atom is 0.227 e. The van der Waals surface area contributed by atoms with Crippen LogP contribution in [0, 0.1) is 31.6 Å². The fourth-order valence-corrected chi connectivity index (χ4v) is 4.67. The number of anilines is 1. The number of hydrogen-bond donors (Lipinski definition) is 0. The van der Waals surface area contributed by atoms with Gasteiger partial charge in [0.05, 0.1) is 5.92 Å². The number of likely N-dealkylation sites (tertiary alicyclic amines) is 1. The molecule has 4 rings (SSSR count). The summed E-state index contributed by atoms with van der Waals surface area (Å²) in [5.74, 6) is 2.83. The molecule has 23 heavy (non-hydrogen) atoms. The van der Waals surface area contributed by atoms with Gasteiger partial charge in [0.1, 0.15) is 0 Å². The molecule has 5 heteroatoms. The lowest BCUT2D eigenvalue weighted by molar-refractivity contribution is -0.134. The molecule has 3 fully saturated rings. The molecule has 2 saturated heterocycles. The van der Waals surface area contributed by atoms with Crippen LogP contribution in [0.2, 0.25) is 0 Å². The lowest BCUT2D eigenvalue weighted by atomic mass is 10.0. The minimum atomic E-state index is 0.123. The third-order valence-electron chi connectivity index (χ3n) is 5.83. The summed E-state index contributed by atoms with van der Waals surface area (Å²) >= 11 is 0. The number of rotatable bonds is 2. The Morgan fingerprint density at radius 3 is 2.35 bits per heavy atom. The van der Waals surface area contributed by atoms with Crippen molar-refractivity contribution in [3.8, 4) is 0 Å². The van der Waals surface area contributed by atoms with Crippen LogP contribution in [0.4, 0.5) is 5.95 Å². The highest BCUT2D eigenvalue weighted by Crippen LogP contribution is 2.38. The topological polar surface area (TPSA) is 49.3 Å². The van der Waals surface area contributed by atoms with Crippen LogP contribution in [0.5, 0.6) is 0 Å². The number of aryl methyl sites for hydroxylation is 2. The zero-order valence-corrected chi connectivity index (χ0v) is 14.2. The van der Waals surface area contributed by atoms with E-state index in [-0.39, 0.29) is 5.92 Å². The predicted octanol–water partition coefficient (Wildman–Crippen LogP) is 2.18. The molecular weight excluding hydrogens is 288 g/mol. The number of nitrogens with zero attached hydrogens (tertiary/aromatic N) is 4. The van der Waals surface area contributed by atoms with Crippen LogP contribution in [0.1, 0.15) is 37.1 Å². The van der Waals surface area contributed by atoms with E-state index in [2.05, 4.69) is 19.8 Å². The Kier molecular flexibility index (Phi) is 3.74. The van der Waals surface area contributed by atoms with Gasteiger partial charge in [-0.2, -0.15) is 0 Å². The fraction of sp³-hybridized carbons (Fsp3) is 0.722. The summed E-state index contributed by atoms with van der Waals surface area (Å²) in [6.45, 7) is 7.66. The highest BCUT2D eigenvalue weighted by molar-refractivity contribution is 5.80. The second-order valence-corrected chi connectivity index (χ2v) is 7.58. The van der Waals surface area contributed by atoms with Gasteiger partial charge in [0.2, 0.25) is 11.9 Å².